The van der Waals surface area contributed by atoms with E-state index in [0.29, 0.717) is 11.7 Å². The van der Waals surface area contributed by atoms with Gasteiger partial charge in [0, 0.05) is 0 Å². The van der Waals surface area contributed by atoms with Crippen LogP contribution < -0.4 is 10.6 Å². The van der Waals surface area contributed by atoms with Crippen molar-refractivity contribution < 1.29 is 27.2 Å². The first-order valence-electron chi connectivity index (χ1n) is 8.33. The number of rotatable bonds is 11. The van der Waals surface area contributed by atoms with E-state index in [0.717, 1.165) is 5.56 Å². The van der Waals surface area contributed by atoms with Crippen LogP contribution in [0.3, 0.4) is 0 Å². The van der Waals surface area contributed by atoms with Crippen LogP contribution in [0.1, 0.15) is 40.2 Å². The molecule has 0 aliphatic rings. The van der Waals surface area contributed by atoms with Crippen LogP contribution in [0.5, 0.6) is 0 Å². The lowest BCUT2D eigenvalue weighted by molar-refractivity contribution is 0.226. The summed E-state index contributed by atoms with van der Waals surface area (Å²) in [4.78, 5) is 0. The molecule has 0 N–H and O–H groups in total. The highest BCUT2D eigenvalue weighted by Gasteiger charge is 2.40. The smallest absolute Gasteiger partial charge is 0.305 e. The summed E-state index contributed by atoms with van der Waals surface area (Å²) >= 11 is 0. The first kappa shape index (κ1) is 21.6. The molecule has 24 heavy (non-hydrogen) atoms. The summed E-state index contributed by atoms with van der Waals surface area (Å²) in [5.74, 6) is 0. The van der Waals surface area contributed by atoms with Crippen molar-refractivity contribution in [3.63, 3.8) is 0 Å². The van der Waals surface area contributed by atoms with Crippen LogP contribution in [0.4, 0.5) is 0 Å². The molecule has 0 bridgehead atoms. The van der Waals surface area contributed by atoms with Crippen molar-refractivity contribution in [3.8, 4) is 0 Å². The molecule has 1 aromatic carbocycles. The van der Waals surface area contributed by atoms with Gasteiger partial charge in [-0.3, -0.25) is 9.13 Å². The highest BCUT2D eigenvalue weighted by molar-refractivity contribution is 7.69. The van der Waals surface area contributed by atoms with Crippen molar-refractivity contribution in [1.29, 1.82) is 0 Å². The highest BCUT2D eigenvalue weighted by Crippen LogP contribution is 2.53. The molecule has 0 aliphatic heterocycles. The quantitative estimate of drug-likeness (QED) is 0.542. The van der Waals surface area contributed by atoms with Gasteiger partial charge in [-0.15, -0.1) is 0 Å². The molecule has 0 aromatic heterocycles. The molecule has 0 unspecified atom stereocenters. The Kier molecular flexibility index (Phi) is 8.86. The lowest BCUT2D eigenvalue weighted by atomic mass is 10.2. The number of hydrogen-bond acceptors (Lipinski definition) is 6. The van der Waals surface area contributed by atoms with Crippen LogP contribution in [0.15, 0.2) is 18.2 Å². The molecule has 0 radical (unpaired) electrons. The molecular weight excluding hydrogens is 350 g/mol. The van der Waals surface area contributed by atoms with Gasteiger partial charge >= 0.3 is 15.2 Å². The molecule has 0 fully saturated rings. The average Bonchev–Trinajstić information content (AvgIpc) is 2.55. The van der Waals surface area contributed by atoms with Gasteiger partial charge < -0.3 is 18.1 Å². The van der Waals surface area contributed by atoms with Gasteiger partial charge in [0.25, 0.3) is 0 Å². The van der Waals surface area contributed by atoms with E-state index in [1.165, 1.54) is 0 Å². The van der Waals surface area contributed by atoms with Crippen LogP contribution in [-0.4, -0.2) is 26.4 Å². The minimum Gasteiger partial charge on any atom is -0.305 e. The third-order valence-electron chi connectivity index (χ3n) is 3.24. The molecule has 0 saturated heterocycles. The Morgan fingerprint density at radius 3 is 1.62 bits per heavy atom. The molecule has 0 saturated carbocycles. The normalized spacial score (nSPS) is 12.5. The Morgan fingerprint density at radius 1 is 0.750 bits per heavy atom. The van der Waals surface area contributed by atoms with Crippen molar-refractivity contribution in [3.05, 3.63) is 23.8 Å². The predicted octanol–water partition coefficient (Wildman–Crippen LogP) is 4.03. The third-order valence-corrected chi connectivity index (χ3v) is 7.85. The molecule has 1 rings (SSSR count). The van der Waals surface area contributed by atoms with Crippen LogP contribution in [0.25, 0.3) is 0 Å². The molecule has 0 heterocycles. The molecule has 0 spiro atoms. The maximum atomic E-state index is 13.4. The van der Waals surface area contributed by atoms with Crippen LogP contribution in [-0.2, 0) is 33.6 Å². The fraction of sp³-hybridized carbons (Fsp3) is 0.625. The molecule has 1 aromatic rings. The number of hydrogen-bond donors (Lipinski definition) is 0. The van der Waals surface area contributed by atoms with Crippen LogP contribution in [0.2, 0.25) is 0 Å². The molecule has 0 atom stereocenters. The van der Waals surface area contributed by atoms with Gasteiger partial charge in [-0.2, -0.15) is 0 Å². The van der Waals surface area contributed by atoms with Gasteiger partial charge in [0.1, 0.15) is 0 Å². The fourth-order valence-corrected chi connectivity index (χ4v) is 6.81. The average molecular weight is 378 g/mol. The Labute approximate surface area is 144 Å². The Hall–Kier alpha value is -0.480. The Morgan fingerprint density at radius 2 is 1.21 bits per heavy atom. The van der Waals surface area contributed by atoms with Gasteiger partial charge in [0.05, 0.1) is 37.0 Å². The lowest BCUT2D eigenvalue weighted by Crippen LogP contribution is -2.31. The summed E-state index contributed by atoms with van der Waals surface area (Å²) in [6.45, 7) is 9.72. The van der Waals surface area contributed by atoms with Gasteiger partial charge in [-0.1, -0.05) is 19.1 Å². The summed E-state index contributed by atoms with van der Waals surface area (Å²) in [5.41, 5.74) is 0.748. The third kappa shape index (κ3) is 4.78. The number of aryl methyl sites for hydroxylation is 1. The molecule has 138 valence electrons. The van der Waals surface area contributed by atoms with Crippen molar-refractivity contribution in [2.24, 2.45) is 0 Å². The zero-order valence-electron chi connectivity index (χ0n) is 15.1. The summed E-state index contributed by atoms with van der Waals surface area (Å²) < 4.78 is 48.6. The minimum absolute atomic E-state index is 0.209. The van der Waals surface area contributed by atoms with Gasteiger partial charge in [0.15, 0.2) is 0 Å². The SMILES string of the molecule is CCOP(=O)(OCC)c1cccc(CC)c1P(=O)(OCC)OCC. The zero-order valence-corrected chi connectivity index (χ0v) is 16.9. The molecule has 6 nitrogen and oxygen atoms in total. The van der Waals surface area contributed by atoms with Crippen molar-refractivity contribution in [1.82, 2.24) is 0 Å². The Balaban J connectivity index is 3.68. The lowest BCUT2D eigenvalue weighted by Gasteiger charge is -2.26. The predicted molar refractivity (Wildman–Crippen MR) is 96.8 cm³/mol. The highest BCUT2D eigenvalue weighted by atomic mass is 31.2. The second-order valence-electron chi connectivity index (χ2n) is 4.80. The van der Waals surface area contributed by atoms with E-state index >= 15 is 0 Å². The second kappa shape index (κ2) is 9.86. The van der Waals surface area contributed by atoms with Crippen LogP contribution in [0, 0.1) is 0 Å². The summed E-state index contributed by atoms with van der Waals surface area (Å²) in [7, 11) is -7.26. The number of benzene rings is 1. The van der Waals surface area contributed by atoms with Gasteiger partial charge in [-0.25, -0.2) is 0 Å². The summed E-state index contributed by atoms with van der Waals surface area (Å²) in [5, 5.41) is 0.567. The topological polar surface area (TPSA) is 71.1 Å². The monoisotopic (exact) mass is 378 g/mol. The van der Waals surface area contributed by atoms with Crippen molar-refractivity contribution in [2.75, 3.05) is 26.4 Å². The van der Waals surface area contributed by atoms with E-state index in [1.807, 2.05) is 13.0 Å². The zero-order chi connectivity index (χ0) is 18.2. The second-order valence-corrected chi connectivity index (χ2v) is 8.76. The summed E-state index contributed by atoms with van der Waals surface area (Å²) in [6.07, 6.45) is 0.589. The molecule has 0 aliphatic carbocycles. The van der Waals surface area contributed by atoms with Crippen molar-refractivity contribution in [2.45, 2.75) is 41.0 Å². The Bertz CT molecular complexity index is 597. The van der Waals surface area contributed by atoms with E-state index in [-0.39, 0.29) is 31.7 Å². The maximum Gasteiger partial charge on any atom is 0.362 e. The van der Waals surface area contributed by atoms with E-state index < -0.39 is 15.2 Å². The first-order chi connectivity index (χ1) is 11.4. The standard InChI is InChI=1S/C16H28O6P2/c1-6-14-12-11-13-15(23(17,19-7-2)20-8-3)16(14)24(18,21-9-4)22-10-5/h11-13H,6-10H2,1-5H3. The molecule has 8 heteroatoms. The van der Waals surface area contributed by atoms with E-state index in [1.54, 1.807) is 39.8 Å². The fourth-order valence-electron chi connectivity index (χ4n) is 2.42. The maximum absolute atomic E-state index is 13.4. The molecular formula is C16H28O6P2. The van der Waals surface area contributed by atoms with E-state index in [2.05, 4.69) is 0 Å². The van der Waals surface area contributed by atoms with Gasteiger partial charge in [0.2, 0.25) is 0 Å². The minimum atomic E-state index is -3.64. The largest absolute Gasteiger partial charge is 0.362 e. The van der Waals surface area contributed by atoms with E-state index in [4.69, 9.17) is 18.1 Å². The van der Waals surface area contributed by atoms with Crippen LogP contribution >= 0.6 is 15.2 Å². The van der Waals surface area contributed by atoms with Gasteiger partial charge in [-0.05, 0) is 45.7 Å². The molecule has 0 amide bonds. The summed E-state index contributed by atoms with van der Waals surface area (Å²) in [6, 6.07) is 5.20. The van der Waals surface area contributed by atoms with E-state index in [9.17, 15) is 9.13 Å². The first-order valence-corrected chi connectivity index (χ1v) is 11.4. The van der Waals surface area contributed by atoms with Crippen molar-refractivity contribution >= 4 is 25.8 Å².